The van der Waals surface area contributed by atoms with Crippen LogP contribution in [0.2, 0.25) is 5.02 Å². The molecular formula is C11H15BClNO2. The molecule has 86 valence electrons. The predicted octanol–water partition coefficient (Wildman–Crippen LogP) is 1.32. The first kappa shape index (κ1) is 11.9. The van der Waals surface area contributed by atoms with Crippen LogP contribution in [0.3, 0.4) is 0 Å². The van der Waals surface area contributed by atoms with Crippen molar-refractivity contribution < 1.29 is 9.31 Å². The fourth-order valence-corrected chi connectivity index (χ4v) is 1.81. The molecule has 0 radical (unpaired) electrons. The maximum Gasteiger partial charge on any atom is 0.494 e. The standard InChI is InChI=1S/C11H15BClNO2/c1-11(2,14)7-16-12-10-4-3-9(13)5-8(10)6-15-12/h3-5H,6-7,14H2,1-2H3. The van der Waals surface area contributed by atoms with E-state index in [9.17, 15) is 0 Å². The Morgan fingerprint density at radius 2 is 2.31 bits per heavy atom. The first-order chi connectivity index (χ1) is 7.46. The summed E-state index contributed by atoms with van der Waals surface area (Å²) >= 11 is 5.90. The maximum atomic E-state index is 5.90. The van der Waals surface area contributed by atoms with Gasteiger partial charge in [0.2, 0.25) is 0 Å². The second-order valence-corrected chi connectivity index (χ2v) is 5.22. The molecule has 5 heteroatoms. The molecule has 0 unspecified atom stereocenters. The number of fused-ring (bicyclic) bond motifs is 1. The third kappa shape index (κ3) is 2.77. The number of hydrogen-bond acceptors (Lipinski definition) is 3. The van der Waals surface area contributed by atoms with E-state index in [0.29, 0.717) is 13.2 Å². The monoisotopic (exact) mass is 239 g/mol. The highest BCUT2D eigenvalue weighted by Crippen LogP contribution is 2.17. The molecule has 0 saturated carbocycles. The second-order valence-electron chi connectivity index (χ2n) is 4.79. The Balaban J connectivity index is 2.06. The Labute approximate surface area is 101 Å². The molecule has 1 aromatic carbocycles. The summed E-state index contributed by atoms with van der Waals surface area (Å²) in [7, 11) is -0.310. The van der Waals surface area contributed by atoms with Gasteiger partial charge in [-0.1, -0.05) is 17.7 Å². The van der Waals surface area contributed by atoms with Crippen LogP contribution in [0.25, 0.3) is 0 Å². The van der Waals surface area contributed by atoms with E-state index in [4.69, 9.17) is 26.6 Å². The minimum absolute atomic E-state index is 0.310. The molecule has 0 aromatic heterocycles. The van der Waals surface area contributed by atoms with Crippen molar-refractivity contribution in [3.63, 3.8) is 0 Å². The maximum absolute atomic E-state index is 5.90. The van der Waals surface area contributed by atoms with Crippen molar-refractivity contribution in [2.24, 2.45) is 5.73 Å². The molecule has 1 heterocycles. The lowest BCUT2D eigenvalue weighted by Gasteiger charge is -2.20. The molecule has 0 amide bonds. The Morgan fingerprint density at radius 3 is 3.00 bits per heavy atom. The van der Waals surface area contributed by atoms with Crippen LogP contribution in [-0.4, -0.2) is 19.3 Å². The molecule has 0 saturated heterocycles. The van der Waals surface area contributed by atoms with Gasteiger partial charge < -0.3 is 15.0 Å². The van der Waals surface area contributed by atoms with E-state index in [-0.39, 0.29) is 12.7 Å². The van der Waals surface area contributed by atoms with Gasteiger partial charge in [-0.3, -0.25) is 0 Å². The lowest BCUT2D eigenvalue weighted by Crippen LogP contribution is -2.43. The summed E-state index contributed by atoms with van der Waals surface area (Å²) in [6.45, 7) is 4.85. The van der Waals surface area contributed by atoms with Crippen LogP contribution < -0.4 is 11.2 Å². The van der Waals surface area contributed by atoms with Crippen molar-refractivity contribution in [3.8, 4) is 0 Å². The van der Waals surface area contributed by atoms with Crippen LogP contribution in [0.5, 0.6) is 0 Å². The highest BCUT2D eigenvalue weighted by molar-refractivity contribution is 6.63. The Kier molecular flexibility index (Phi) is 3.26. The summed E-state index contributed by atoms with van der Waals surface area (Å²) < 4.78 is 11.2. The van der Waals surface area contributed by atoms with Crippen molar-refractivity contribution in [2.45, 2.75) is 26.0 Å². The van der Waals surface area contributed by atoms with Crippen LogP contribution in [-0.2, 0) is 15.9 Å². The molecule has 0 atom stereocenters. The van der Waals surface area contributed by atoms with E-state index < -0.39 is 0 Å². The molecule has 2 N–H and O–H groups in total. The molecule has 0 spiro atoms. The summed E-state index contributed by atoms with van der Waals surface area (Å²) in [5.74, 6) is 0. The smallest absolute Gasteiger partial charge is 0.405 e. The lowest BCUT2D eigenvalue weighted by molar-refractivity contribution is 0.178. The summed E-state index contributed by atoms with van der Waals surface area (Å²) in [6, 6.07) is 5.70. The zero-order valence-corrected chi connectivity index (χ0v) is 10.3. The molecule has 3 nitrogen and oxygen atoms in total. The molecule has 0 bridgehead atoms. The van der Waals surface area contributed by atoms with Gasteiger partial charge in [-0.25, -0.2) is 0 Å². The molecule has 0 aliphatic carbocycles. The Bertz CT molecular complexity index is 392. The SMILES string of the molecule is CC(C)(N)COB1OCc2cc(Cl)ccc21. The topological polar surface area (TPSA) is 44.5 Å². The van der Waals surface area contributed by atoms with Crippen molar-refractivity contribution in [2.75, 3.05) is 6.61 Å². The predicted molar refractivity (Wildman–Crippen MR) is 65.8 cm³/mol. The van der Waals surface area contributed by atoms with Crippen LogP contribution in [0, 0.1) is 0 Å². The molecule has 1 aromatic rings. The molecule has 16 heavy (non-hydrogen) atoms. The normalized spacial score (nSPS) is 15.4. The van der Waals surface area contributed by atoms with Gasteiger partial charge in [0, 0.05) is 17.2 Å². The van der Waals surface area contributed by atoms with E-state index in [1.165, 1.54) is 0 Å². The average Bonchev–Trinajstić information content (AvgIpc) is 2.56. The number of rotatable bonds is 3. The molecule has 1 aliphatic heterocycles. The molecule has 0 fully saturated rings. The van der Waals surface area contributed by atoms with E-state index >= 15 is 0 Å². The van der Waals surface area contributed by atoms with Crippen molar-refractivity contribution in [1.82, 2.24) is 0 Å². The van der Waals surface area contributed by atoms with E-state index in [1.54, 1.807) is 0 Å². The largest absolute Gasteiger partial charge is 0.494 e. The van der Waals surface area contributed by atoms with Gasteiger partial charge in [-0.05, 0) is 37.0 Å². The van der Waals surface area contributed by atoms with E-state index in [1.807, 2.05) is 32.0 Å². The van der Waals surface area contributed by atoms with E-state index in [2.05, 4.69) is 0 Å². The summed E-state index contributed by atoms with van der Waals surface area (Å²) in [4.78, 5) is 0. The van der Waals surface area contributed by atoms with Gasteiger partial charge in [0.25, 0.3) is 0 Å². The fourth-order valence-electron chi connectivity index (χ4n) is 1.61. The highest BCUT2D eigenvalue weighted by atomic mass is 35.5. The van der Waals surface area contributed by atoms with Gasteiger partial charge >= 0.3 is 7.12 Å². The van der Waals surface area contributed by atoms with Gasteiger partial charge in [0.05, 0.1) is 6.61 Å². The minimum atomic E-state index is -0.349. The molecule has 1 aliphatic rings. The average molecular weight is 240 g/mol. The van der Waals surface area contributed by atoms with Crippen molar-refractivity contribution in [1.29, 1.82) is 0 Å². The van der Waals surface area contributed by atoms with Gasteiger partial charge in [0.15, 0.2) is 0 Å². The van der Waals surface area contributed by atoms with Gasteiger partial charge in [0.1, 0.15) is 0 Å². The zero-order chi connectivity index (χ0) is 11.8. The first-order valence-electron chi connectivity index (χ1n) is 5.26. The minimum Gasteiger partial charge on any atom is -0.405 e. The zero-order valence-electron chi connectivity index (χ0n) is 9.50. The number of halogens is 1. The van der Waals surface area contributed by atoms with Crippen LogP contribution >= 0.6 is 11.6 Å². The summed E-state index contributed by atoms with van der Waals surface area (Å²) in [5.41, 5.74) is 7.65. The lowest BCUT2D eigenvalue weighted by atomic mass is 9.78. The van der Waals surface area contributed by atoms with Crippen molar-refractivity contribution >= 4 is 24.2 Å². The van der Waals surface area contributed by atoms with Crippen LogP contribution in [0.15, 0.2) is 18.2 Å². The van der Waals surface area contributed by atoms with Crippen molar-refractivity contribution in [3.05, 3.63) is 28.8 Å². The molecule has 2 rings (SSSR count). The van der Waals surface area contributed by atoms with Crippen LogP contribution in [0.1, 0.15) is 19.4 Å². The van der Waals surface area contributed by atoms with Gasteiger partial charge in [-0.15, -0.1) is 0 Å². The number of benzene rings is 1. The first-order valence-corrected chi connectivity index (χ1v) is 5.64. The second kappa shape index (κ2) is 4.38. The third-order valence-electron chi connectivity index (χ3n) is 2.36. The number of hydrogen-bond donors (Lipinski definition) is 1. The third-order valence-corrected chi connectivity index (χ3v) is 2.59. The van der Waals surface area contributed by atoms with Gasteiger partial charge in [-0.2, -0.15) is 0 Å². The summed E-state index contributed by atoms with van der Waals surface area (Å²) in [6.07, 6.45) is 0. The Morgan fingerprint density at radius 1 is 1.56 bits per heavy atom. The highest BCUT2D eigenvalue weighted by Gasteiger charge is 2.31. The Hall–Kier alpha value is -0.545. The summed E-state index contributed by atoms with van der Waals surface area (Å²) in [5, 5.41) is 0.724. The quantitative estimate of drug-likeness (QED) is 0.809. The molecular weight excluding hydrogens is 224 g/mol. The number of nitrogens with two attached hydrogens (primary N) is 1. The van der Waals surface area contributed by atoms with E-state index in [0.717, 1.165) is 16.0 Å². The fraction of sp³-hybridized carbons (Fsp3) is 0.455. The van der Waals surface area contributed by atoms with Crippen LogP contribution in [0.4, 0.5) is 0 Å².